The second kappa shape index (κ2) is 7.73. The lowest BCUT2D eigenvalue weighted by Crippen LogP contribution is -2.45. The third-order valence-corrected chi connectivity index (χ3v) is 4.33. The van der Waals surface area contributed by atoms with Crippen LogP contribution in [0, 0.1) is 0 Å². The highest BCUT2D eigenvalue weighted by atomic mass is 16.5. The van der Waals surface area contributed by atoms with E-state index in [4.69, 9.17) is 14.9 Å². The SMILES string of the molecule is CCNC(=NCc1ccc(C(N)=O)o1)NC1CC(C)(C)Oc2ccccc21. The summed E-state index contributed by atoms with van der Waals surface area (Å²) in [7, 11) is 0. The minimum absolute atomic E-state index is 0.0699. The van der Waals surface area contributed by atoms with E-state index in [1.54, 1.807) is 12.1 Å². The maximum Gasteiger partial charge on any atom is 0.284 e. The van der Waals surface area contributed by atoms with Gasteiger partial charge in [-0.25, -0.2) is 4.99 Å². The first-order valence-electron chi connectivity index (χ1n) is 9.09. The van der Waals surface area contributed by atoms with Crippen LogP contribution in [0.25, 0.3) is 0 Å². The molecule has 1 aliphatic rings. The Morgan fingerprint density at radius 2 is 2.07 bits per heavy atom. The monoisotopic (exact) mass is 370 g/mol. The topological polar surface area (TPSA) is 102 Å². The fourth-order valence-corrected chi connectivity index (χ4v) is 3.17. The first kappa shape index (κ1) is 18.8. The Morgan fingerprint density at radius 1 is 1.30 bits per heavy atom. The Kier molecular flexibility index (Phi) is 5.39. The van der Waals surface area contributed by atoms with Crippen LogP contribution >= 0.6 is 0 Å². The number of para-hydroxylation sites is 1. The molecule has 0 spiro atoms. The number of guanidine groups is 1. The molecule has 7 nitrogen and oxygen atoms in total. The number of hydrogen-bond acceptors (Lipinski definition) is 4. The van der Waals surface area contributed by atoms with Gasteiger partial charge in [0.05, 0.1) is 6.04 Å². The van der Waals surface area contributed by atoms with Gasteiger partial charge in [-0.15, -0.1) is 0 Å². The molecule has 1 aromatic carbocycles. The summed E-state index contributed by atoms with van der Waals surface area (Å²) in [4.78, 5) is 15.7. The van der Waals surface area contributed by atoms with E-state index in [0.29, 0.717) is 18.3 Å². The minimum Gasteiger partial charge on any atom is -0.487 e. The first-order valence-corrected chi connectivity index (χ1v) is 9.09. The normalized spacial score (nSPS) is 18.3. The number of carbonyl (C=O) groups is 1. The van der Waals surface area contributed by atoms with E-state index >= 15 is 0 Å². The summed E-state index contributed by atoms with van der Waals surface area (Å²) in [5.74, 6) is 1.69. The van der Waals surface area contributed by atoms with Crippen molar-refractivity contribution in [2.45, 2.75) is 45.4 Å². The lowest BCUT2D eigenvalue weighted by Gasteiger charge is -2.38. The van der Waals surface area contributed by atoms with Crippen molar-refractivity contribution in [3.63, 3.8) is 0 Å². The van der Waals surface area contributed by atoms with Gasteiger partial charge in [0.2, 0.25) is 0 Å². The predicted molar refractivity (Wildman–Crippen MR) is 104 cm³/mol. The largest absolute Gasteiger partial charge is 0.487 e. The highest BCUT2D eigenvalue weighted by Gasteiger charge is 2.33. The van der Waals surface area contributed by atoms with Crippen molar-refractivity contribution in [1.29, 1.82) is 0 Å². The van der Waals surface area contributed by atoms with Gasteiger partial charge in [0, 0.05) is 18.5 Å². The first-order chi connectivity index (χ1) is 12.9. The summed E-state index contributed by atoms with van der Waals surface area (Å²) < 4.78 is 11.5. The fraction of sp³-hybridized carbons (Fsp3) is 0.400. The van der Waals surface area contributed by atoms with Crippen LogP contribution in [-0.4, -0.2) is 24.0 Å². The van der Waals surface area contributed by atoms with Crippen molar-refractivity contribution < 1.29 is 13.9 Å². The number of carbonyl (C=O) groups excluding carboxylic acids is 1. The third kappa shape index (κ3) is 4.61. The van der Waals surface area contributed by atoms with Crippen LogP contribution in [0.2, 0.25) is 0 Å². The molecule has 144 valence electrons. The summed E-state index contributed by atoms with van der Waals surface area (Å²) >= 11 is 0. The van der Waals surface area contributed by atoms with E-state index in [9.17, 15) is 4.79 Å². The highest BCUT2D eigenvalue weighted by molar-refractivity contribution is 5.89. The summed E-state index contributed by atoms with van der Waals surface area (Å²) in [5.41, 5.74) is 6.05. The van der Waals surface area contributed by atoms with Gasteiger partial charge in [0.25, 0.3) is 5.91 Å². The minimum atomic E-state index is -0.587. The number of benzene rings is 1. The molecule has 4 N–H and O–H groups in total. The molecule has 0 radical (unpaired) electrons. The number of fused-ring (bicyclic) bond motifs is 1. The standard InChI is InChI=1S/C20H26N4O3/c1-4-22-19(23-12-13-9-10-17(26-13)18(21)25)24-15-11-20(2,3)27-16-8-6-5-7-14(15)16/h5-10,15H,4,11-12H2,1-3H3,(H2,21,25)(H2,22,23,24). The number of primary amides is 1. The molecule has 0 saturated carbocycles. The molecule has 0 fully saturated rings. The third-order valence-electron chi connectivity index (χ3n) is 4.33. The molecule has 1 unspecified atom stereocenters. The molecule has 0 saturated heterocycles. The van der Waals surface area contributed by atoms with E-state index in [2.05, 4.69) is 35.5 Å². The fourth-order valence-electron chi connectivity index (χ4n) is 3.17. The number of nitrogens with two attached hydrogens (primary N) is 1. The highest BCUT2D eigenvalue weighted by Crippen LogP contribution is 2.39. The summed E-state index contributed by atoms with van der Waals surface area (Å²) in [6, 6.07) is 11.4. The van der Waals surface area contributed by atoms with E-state index in [1.807, 2.05) is 25.1 Å². The Balaban J connectivity index is 1.78. The van der Waals surface area contributed by atoms with E-state index < -0.39 is 5.91 Å². The van der Waals surface area contributed by atoms with Gasteiger partial charge in [-0.3, -0.25) is 4.79 Å². The average molecular weight is 370 g/mol. The zero-order chi connectivity index (χ0) is 19.4. The Labute approximate surface area is 159 Å². The van der Waals surface area contributed by atoms with Gasteiger partial charge in [-0.1, -0.05) is 18.2 Å². The van der Waals surface area contributed by atoms with Crippen LogP contribution in [0.4, 0.5) is 0 Å². The molecule has 1 aromatic heterocycles. The Morgan fingerprint density at radius 3 is 2.78 bits per heavy atom. The van der Waals surface area contributed by atoms with E-state index in [-0.39, 0.29) is 17.4 Å². The number of nitrogens with zero attached hydrogens (tertiary/aromatic N) is 1. The summed E-state index contributed by atoms with van der Waals surface area (Å²) in [5, 5.41) is 6.75. The van der Waals surface area contributed by atoms with Gasteiger partial charge in [-0.05, 0) is 39.0 Å². The van der Waals surface area contributed by atoms with Gasteiger partial charge < -0.3 is 25.5 Å². The molecule has 1 atom stereocenters. The Bertz CT molecular complexity index is 841. The molecule has 1 amide bonds. The number of rotatable bonds is 5. The van der Waals surface area contributed by atoms with Crippen LogP contribution in [0.1, 0.15) is 55.1 Å². The quantitative estimate of drug-likeness (QED) is 0.555. The van der Waals surface area contributed by atoms with E-state index in [0.717, 1.165) is 24.3 Å². The summed E-state index contributed by atoms with van der Waals surface area (Å²) in [6.45, 7) is 7.20. The smallest absolute Gasteiger partial charge is 0.284 e. The zero-order valence-electron chi connectivity index (χ0n) is 15.9. The second-order valence-electron chi connectivity index (χ2n) is 7.13. The van der Waals surface area contributed by atoms with Crippen LogP contribution in [0.5, 0.6) is 5.75 Å². The van der Waals surface area contributed by atoms with Crippen LogP contribution in [0.15, 0.2) is 45.8 Å². The van der Waals surface area contributed by atoms with Gasteiger partial charge in [0.15, 0.2) is 11.7 Å². The van der Waals surface area contributed by atoms with Crippen molar-refractivity contribution in [3.8, 4) is 5.75 Å². The molecule has 0 bridgehead atoms. The lowest BCUT2D eigenvalue weighted by atomic mass is 9.90. The molecule has 2 heterocycles. The molecule has 7 heteroatoms. The second-order valence-corrected chi connectivity index (χ2v) is 7.13. The average Bonchev–Trinajstić information content (AvgIpc) is 3.08. The molecular formula is C20H26N4O3. The number of amides is 1. The number of nitrogens with one attached hydrogen (secondary N) is 2. The molecule has 3 rings (SSSR count). The summed E-state index contributed by atoms with van der Waals surface area (Å²) in [6.07, 6.45) is 0.807. The molecule has 27 heavy (non-hydrogen) atoms. The number of ether oxygens (including phenoxy) is 1. The number of aliphatic imine (C=N–C) groups is 1. The maximum atomic E-state index is 11.2. The van der Waals surface area contributed by atoms with E-state index in [1.165, 1.54) is 0 Å². The Hall–Kier alpha value is -2.96. The van der Waals surface area contributed by atoms with Gasteiger partial charge >= 0.3 is 0 Å². The molecule has 1 aliphatic heterocycles. The van der Waals surface area contributed by atoms with Crippen LogP contribution in [-0.2, 0) is 6.54 Å². The van der Waals surface area contributed by atoms with Crippen LogP contribution in [0.3, 0.4) is 0 Å². The molecular weight excluding hydrogens is 344 g/mol. The van der Waals surface area contributed by atoms with Crippen molar-refractivity contribution in [2.75, 3.05) is 6.54 Å². The van der Waals surface area contributed by atoms with Crippen molar-refractivity contribution in [2.24, 2.45) is 10.7 Å². The number of hydrogen-bond donors (Lipinski definition) is 3. The van der Waals surface area contributed by atoms with Gasteiger partial charge in [-0.2, -0.15) is 0 Å². The van der Waals surface area contributed by atoms with Crippen molar-refractivity contribution in [1.82, 2.24) is 10.6 Å². The van der Waals surface area contributed by atoms with Crippen molar-refractivity contribution in [3.05, 3.63) is 53.5 Å². The number of furan rings is 1. The maximum absolute atomic E-state index is 11.2. The molecule has 2 aromatic rings. The molecule has 0 aliphatic carbocycles. The van der Waals surface area contributed by atoms with Crippen molar-refractivity contribution >= 4 is 11.9 Å². The lowest BCUT2D eigenvalue weighted by molar-refractivity contribution is 0.0694. The van der Waals surface area contributed by atoms with Gasteiger partial charge in [0.1, 0.15) is 23.7 Å². The zero-order valence-corrected chi connectivity index (χ0v) is 15.9. The predicted octanol–water partition coefficient (Wildman–Crippen LogP) is 2.74. The van der Waals surface area contributed by atoms with Crippen LogP contribution < -0.4 is 21.1 Å².